The van der Waals surface area contributed by atoms with Gasteiger partial charge in [0.15, 0.2) is 28.8 Å². The van der Waals surface area contributed by atoms with Crippen molar-refractivity contribution in [3.8, 4) is 22.9 Å². The average molecular weight is 785 g/mol. The van der Waals surface area contributed by atoms with Crippen LogP contribution in [0, 0.1) is 10.8 Å². The SMILES string of the molecule is CC(C)(C)CC(C)(C)c1cc(Cc2cc(C(C)(C)CC(C)(C)C)cc(-n3nc4ccccc4n3)c2OI)c(O)c(-n2nc3ccccc3n2)c1. The van der Waals surface area contributed by atoms with Crippen LogP contribution in [-0.4, -0.2) is 35.1 Å². The summed E-state index contributed by atoms with van der Waals surface area (Å²) in [6, 6.07) is 24.2. The summed E-state index contributed by atoms with van der Waals surface area (Å²) in [5, 5.41) is 31.4. The first kappa shape index (κ1) is 35.8. The van der Waals surface area contributed by atoms with Gasteiger partial charge in [0.1, 0.15) is 39.2 Å². The molecule has 1 N–H and O–H groups in total. The molecular weight excluding hydrogens is 735 g/mol. The molecule has 0 spiro atoms. The minimum absolute atomic E-state index is 0.0880. The first-order valence-electron chi connectivity index (χ1n) is 17.3. The fourth-order valence-electron chi connectivity index (χ4n) is 7.78. The molecule has 2 heterocycles. The Morgan fingerprint density at radius 1 is 0.580 bits per heavy atom. The number of hydrogen-bond donors (Lipinski definition) is 1. The van der Waals surface area contributed by atoms with E-state index in [0.717, 1.165) is 62.8 Å². The summed E-state index contributed by atoms with van der Waals surface area (Å²) >= 11 is 1.96. The zero-order valence-corrected chi connectivity index (χ0v) is 33.1. The van der Waals surface area contributed by atoms with Crippen molar-refractivity contribution in [3.05, 3.63) is 95.1 Å². The number of aromatic nitrogens is 6. The predicted octanol–water partition coefficient (Wildman–Crippen LogP) is 10.6. The third-order valence-corrected chi connectivity index (χ3v) is 9.73. The number of fused-ring (bicyclic) bond motifs is 2. The average Bonchev–Trinajstić information content (AvgIpc) is 3.64. The van der Waals surface area contributed by atoms with Crippen LogP contribution in [0.2, 0.25) is 0 Å². The summed E-state index contributed by atoms with van der Waals surface area (Å²) in [4.78, 5) is 3.26. The topological polar surface area (TPSA) is 90.9 Å². The van der Waals surface area contributed by atoms with E-state index < -0.39 is 0 Å². The molecule has 4 aromatic carbocycles. The van der Waals surface area contributed by atoms with E-state index in [4.69, 9.17) is 23.5 Å². The molecule has 0 atom stereocenters. The van der Waals surface area contributed by atoms with Crippen molar-refractivity contribution in [2.24, 2.45) is 10.8 Å². The van der Waals surface area contributed by atoms with Crippen molar-refractivity contribution in [1.29, 1.82) is 0 Å². The molecule has 50 heavy (non-hydrogen) atoms. The number of rotatable bonds is 9. The van der Waals surface area contributed by atoms with Gasteiger partial charge in [-0.3, -0.25) is 0 Å². The van der Waals surface area contributed by atoms with Crippen LogP contribution in [0.1, 0.15) is 104 Å². The maximum atomic E-state index is 12.1. The molecule has 2 aromatic heterocycles. The fraction of sp³-hybridized carbons (Fsp3) is 0.415. The Morgan fingerprint density at radius 2 is 0.960 bits per heavy atom. The van der Waals surface area contributed by atoms with Gasteiger partial charge >= 0.3 is 0 Å². The Balaban J connectivity index is 1.58. The van der Waals surface area contributed by atoms with E-state index in [-0.39, 0.29) is 27.4 Å². The molecule has 6 rings (SSSR count). The molecule has 0 aliphatic rings. The first-order valence-corrected chi connectivity index (χ1v) is 18.2. The summed E-state index contributed by atoms with van der Waals surface area (Å²) in [6.07, 6.45) is 2.31. The lowest BCUT2D eigenvalue weighted by Gasteiger charge is -2.34. The second kappa shape index (κ2) is 13.0. The molecule has 0 fully saturated rings. The smallest absolute Gasteiger partial charge is 0.192 e. The van der Waals surface area contributed by atoms with Gasteiger partial charge in [-0.15, -0.1) is 30.0 Å². The zero-order chi connectivity index (χ0) is 36.2. The Morgan fingerprint density at radius 3 is 1.36 bits per heavy atom. The van der Waals surface area contributed by atoms with Gasteiger partial charge in [0, 0.05) is 17.5 Å². The zero-order valence-electron chi connectivity index (χ0n) is 31.0. The molecule has 0 aliphatic heterocycles. The van der Waals surface area contributed by atoms with Gasteiger partial charge in [0.2, 0.25) is 0 Å². The van der Waals surface area contributed by atoms with Crippen LogP contribution >= 0.6 is 23.0 Å². The van der Waals surface area contributed by atoms with Crippen molar-refractivity contribution >= 4 is 45.1 Å². The highest BCUT2D eigenvalue weighted by molar-refractivity contribution is 14.1. The number of aromatic hydroxyl groups is 1. The Labute approximate surface area is 309 Å². The molecule has 0 saturated heterocycles. The van der Waals surface area contributed by atoms with Gasteiger partial charge in [-0.25, -0.2) is 0 Å². The van der Waals surface area contributed by atoms with E-state index in [1.165, 1.54) is 0 Å². The van der Waals surface area contributed by atoms with E-state index in [0.29, 0.717) is 17.9 Å². The number of phenolic OH excluding ortho intramolecular Hbond substituents is 1. The molecule has 0 amide bonds. The lowest BCUT2D eigenvalue weighted by Crippen LogP contribution is -2.26. The minimum Gasteiger partial charge on any atom is -0.505 e. The van der Waals surface area contributed by atoms with E-state index in [2.05, 4.69) is 87.4 Å². The lowest BCUT2D eigenvalue weighted by molar-refractivity contribution is 0.283. The van der Waals surface area contributed by atoms with Crippen LogP contribution in [0.4, 0.5) is 0 Å². The van der Waals surface area contributed by atoms with Gasteiger partial charge in [-0.1, -0.05) is 106 Å². The van der Waals surface area contributed by atoms with Crippen LogP contribution in [0.25, 0.3) is 33.4 Å². The van der Waals surface area contributed by atoms with Crippen LogP contribution < -0.4 is 3.07 Å². The van der Waals surface area contributed by atoms with Crippen molar-refractivity contribution < 1.29 is 8.17 Å². The third kappa shape index (κ3) is 7.53. The maximum absolute atomic E-state index is 12.1. The predicted molar refractivity (Wildman–Crippen MR) is 211 cm³/mol. The number of hydrogen-bond acceptors (Lipinski definition) is 6. The van der Waals surface area contributed by atoms with Crippen LogP contribution in [0.3, 0.4) is 0 Å². The number of nitrogens with zero attached hydrogens (tertiary/aromatic N) is 6. The minimum atomic E-state index is -0.203. The number of halogens is 1. The second-order valence-electron chi connectivity index (χ2n) is 17.4. The highest BCUT2D eigenvalue weighted by Gasteiger charge is 2.32. The van der Waals surface area contributed by atoms with Gasteiger partial charge in [0.25, 0.3) is 0 Å². The molecule has 0 bridgehead atoms. The normalized spacial score (nSPS) is 13.0. The Bertz CT molecular complexity index is 2120. The van der Waals surface area contributed by atoms with Crippen molar-refractivity contribution in [1.82, 2.24) is 30.0 Å². The molecule has 6 aromatic rings. The second-order valence-corrected chi connectivity index (χ2v) is 17.9. The summed E-state index contributed by atoms with van der Waals surface area (Å²) in [5.74, 6) is 0.799. The van der Waals surface area contributed by atoms with Crippen LogP contribution in [0.15, 0.2) is 72.8 Å². The first-order chi connectivity index (χ1) is 23.3. The summed E-state index contributed by atoms with van der Waals surface area (Å²) < 4.78 is 6.18. The molecule has 0 aliphatic carbocycles. The standard InChI is InChI=1S/C41H49IN6O2/c1-38(2,3)24-40(7,8)28-20-26(36(49)34(22-28)47-43-30-15-11-12-16-31(30)44-47)19-27-21-29(41(9,10)25-39(4,5)6)23-35(37(27)50-42)48-45-32-17-13-14-18-33(32)46-48/h11-18,20-23,49H,19,24-25H2,1-10H3. The Hall–Kier alpha value is -3.99. The molecule has 9 heteroatoms. The van der Waals surface area contributed by atoms with Crippen molar-refractivity contribution in [2.75, 3.05) is 0 Å². The number of benzene rings is 4. The van der Waals surface area contributed by atoms with E-state index in [9.17, 15) is 5.11 Å². The molecule has 262 valence electrons. The van der Waals surface area contributed by atoms with E-state index >= 15 is 0 Å². The van der Waals surface area contributed by atoms with Crippen LogP contribution in [-0.2, 0) is 17.3 Å². The molecular formula is C41H49IN6O2. The quantitative estimate of drug-likeness (QED) is 0.147. The third-order valence-electron chi connectivity index (χ3n) is 9.28. The maximum Gasteiger partial charge on any atom is 0.192 e. The van der Waals surface area contributed by atoms with Gasteiger partial charge in [0.05, 0.1) is 0 Å². The summed E-state index contributed by atoms with van der Waals surface area (Å²) in [5.41, 5.74) is 8.23. The van der Waals surface area contributed by atoms with Gasteiger partial charge in [-0.05, 0) is 82.0 Å². The molecule has 0 unspecified atom stereocenters. The lowest BCUT2D eigenvalue weighted by atomic mass is 9.71. The Kier molecular flexibility index (Phi) is 9.29. The van der Waals surface area contributed by atoms with Crippen molar-refractivity contribution in [3.63, 3.8) is 0 Å². The highest BCUT2D eigenvalue weighted by Crippen LogP contribution is 2.44. The summed E-state index contributed by atoms with van der Waals surface area (Å²) in [7, 11) is 0. The number of phenols is 1. The van der Waals surface area contributed by atoms with E-state index in [1.807, 2.05) is 77.6 Å². The fourth-order valence-corrected chi connectivity index (χ4v) is 8.29. The van der Waals surface area contributed by atoms with Gasteiger partial charge in [-0.2, -0.15) is 0 Å². The van der Waals surface area contributed by atoms with Crippen LogP contribution in [0.5, 0.6) is 11.5 Å². The van der Waals surface area contributed by atoms with Gasteiger partial charge < -0.3 is 8.17 Å². The van der Waals surface area contributed by atoms with Crippen molar-refractivity contribution in [2.45, 2.75) is 99.3 Å². The largest absolute Gasteiger partial charge is 0.505 e. The highest BCUT2D eigenvalue weighted by atomic mass is 127. The summed E-state index contributed by atoms with van der Waals surface area (Å²) in [6.45, 7) is 22.7. The molecule has 0 saturated carbocycles. The monoisotopic (exact) mass is 784 g/mol. The molecule has 0 radical (unpaired) electrons. The van der Waals surface area contributed by atoms with E-state index in [1.54, 1.807) is 9.59 Å². The molecule has 8 nitrogen and oxygen atoms in total.